The maximum absolute atomic E-state index is 12.5. The average Bonchev–Trinajstić information content (AvgIpc) is 2.27. The van der Waals surface area contributed by atoms with Crippen LogP contribution in [0.2, 0.25) is 0 Å². The Kier molecular flexibility index (Phi) is 2.73. The first-order chi connectivity index (χ1) is 7.68. The molecule has 2 saturated carbocycles. The van der Waals surface area contributed by atoms with Gasteiger partial charge in [0.05, 0.1) is 6.10 Å². The lowest BCUT2D eigenvalue weighted by Crippen LogP contribution is -2.45. The molecule has 2 rings (SSSR count). The summed E-state index contributed by atoms with van der Waals surface area (Å²) in [5.74, 6) is 0.0307. The molecule has 3 heteroatoms. The molecule has 3 nitrogen and oxygen atoms in total. The minimum absolute atomic E-state index is 0.135. The summed E-state index contributed by atoms with van der Waals surface area (Å²) < 4.78 is 0. The number of carbonyl (C=O) groups is 2. The van der Waals surface area contributed by atoms with E-state index in [1.54, 1.807) is 0 Å². The zero-order valence-corrected chi connectivity index (χ0v) is 11.1. The van der Waals surface area contributed by atoms with E-state index < -0.39 is 16.9 Å². The molecule has 2 aliphatic rings. The minimum atomic E-state index is -0.631. The molecule has 2 unspecified atom stereocenters. The van der Waals surface area contributed by atoms with Gasteiger partial charge in [0.15, 0.2) is 0 Å². The maximum Gasteiger partial charge on any atom is 0.142 e. The van der Waals surface area contributed by atoms with Crippen molar-refractivity contribution in [3.63, 3.8) is 0 Å². The molecule has 0 amide bonds. The number of Topliss-reactive ketones (excluding diaryl/α,β-unsaturated/α-hetero) is 2. The summed E-state index contributed by atoms with van der Waals surface area (Å²) in [7, 11) is 0. The van der Waals surface area contributed by atoms with Crippen LogP contribution in [0.15, 0.2) is 0 Å². The Morgan fingerprint density at radius 1 is 0.882 bits per heavy atom. The number of fused-ring (bicyclic) bond motifs is 2. The summed E-state index contributed by atoms with van der Waals surface area (Å²) in [6, 6.07) is 0. The highest BCUT2D eigenvalue weighted by Crippen LogP contribution is 2.50. The highest BCUT2D eigenvalue weighted by atomic mass is 16.3. The third kappa shape index (κ3) is 1.67. The zero-order valence-electron chi connectivity index (χ0n) is 11.1. The summed E-state index contributed by atoms with van der Waals surface area (Å²) in [6.45, 7) is 7.50. The van der Waals surface area contributed by atoms with Crippen LogP contribution < -0.4 is 0 Å². The van der Waals surface area contributed by atoms with Gasteiger partial charge in [0.2, 0.25) is 0 Å². The van der Waals surface area contributed by atoms with E-state index in [0.29, 0.717) is 19.3 Å². The van der Waals surface area contributed by atoms with Gasteiger partial charge in [-0.05, 0) is 19.3 Å². The molecule has 17 heavy (non-hydrogen) atoms. The minimum Gasteiger partial charge on any atom is -0.393 e. The summed E-state index contributed by atoms with van der Waals surface area (Å²) in [4.78, 5) is 25.0. The van der Waals surface area contributed by atoms with Crippen molar-refractivity contribution in [3.8, 4) is 0 Å². The molecule has 0 heterocycles. The van der Waals surface area contributed by atoms with Crippen LogP contribution in [0, 0.1) is 22.7 Å². The van der Waals surface area contributed by atoms with E-state index in [1.807, 2.05) is 27.7 Å². The van der Waals surface area contributed by atoms with Gasteiger partial charge < -0.3 is 5.11 Å². The summed E-state index contributed by atoms with van der Waals surface area (Å²) >= 11 is 0. The van der Waals surface area contributed by atoms with Crippen LogP contribution in [0.1, 0.15) is 47.0 Å². The fourth-order valence-electron chi connectivity index (χ4n) is 3.35. The van der Waals surface area contributed by atoms with Crippen LogP contribution in [0.3, 0.4) is 0 Å². The van der Waals surface area contributed by atoms with Crippen LogP contribution in [0.4, 0.5) is 0 Å². The monoisotopic (exact) mass is 238 g/mol. The topological polar surface area (TPSA) is 54.4 Å². The third-order valence-electron chi connectivity index (χ3n) is 5.22. The van der Waals surface area contributed by atoms with Crippen molar-refractivity contribution >= 4 is 11.6 Å². The van der Waals surface area contributed by atoms with Gasteiger partial charge in [-0.1, -0.05) is 27.7 Å². The molecule has 0 aromatic rings. The van der Waals surface area contributed by atoms with E-state index in [9.17, 15) is 14.7 Å². The maximum atomic E-state index is 12.5. The molecule has 96 valence electrons. The van der Waals surface area contributed by atoms with Crippen LogP contribution in [0.5, 0.6) is 0 Å². The Balaban J connectivity index is 2.49. The third-order valence-corrected chi connectivity index (χ3v) is 5.22. The van der Waals surface area contributed by atoms with Gasteiger partial charge in [0.25, 0.3) is 0 Å². The lowest BCUT2D eigenvalue weighted by Gasteiger charge is -2.38. The van der Waals surface area contributed by atoms with Crippen molar-refractivity contribution in [3.05, 3.63) is 0 Å². The summed E-state index contributed by atoms with van der Waals surface area (Å²) in [6.07, 6.45) is 1.21. The van der Waals surface area contributed by atoms with Crippen molar-refractivity contribution in [2.75, 3.05) is 0 Å². The molecule has 0 aliphatic heterocycles. The fraction of sp³-hybridized carbons (Fsp3) is 0.857. The van der Waals surface area contributed by atoms with Crippen molar-refractivity contribution in [2.45, 2.75) is 53.1 Å². The smallest absolute Gasteiger partial charge is 0.142 e. The molecule has 2 aliphatic carbocycles. The molecule has 0 saturated heterocycles. The highest BCUT2D eigenvalue weighted by molar-refractivity contribution is 5.99. The van der Waals surface area contributed by atoms with E-state index in [4.69, 9.17) is 0 Å². The van der Waals surface area contributed by atoms with Gasteiger partial charge in [0, 0.05) is 22.7 Å². The first-order valence-corrected chi connectivity index (χ1v) is 6.44. The number of hydrogen-bond acceptors (Lipinski definition) is 3. The largest absolute Gasteiger partial charge is 0.393 e. The second-order valence-corrected chi connectivity index (χ2v) is 6.73. The molecular formula is C14H22O3. The average molecular weight is 238 g/mol. The molecule has 2 fully saturated rings. The SMILES string of the molecule is CC1(C)C(=O)C2CC(O)CC(C2)C(=O)C1(C)C. The second-order valence-electron chi connectivity index (χ2n) is 6.73. The molecule has 2 atom stereocenters. The van der Waals surface area contributed by atoms with E-state index in [-0.39, 0.29) is 23.4 Å². The molecule has 2 bridgehead atoms. The van der Waals surface area contributed by atoms with Gasteiger partial charge in [-0.3, -0.25) is 9.59 Å². The van der Waals surface area contributed by atoms with Gasteiger partial charge in [0.1, 0.15) is 11.6 Å². The van der Waals surface area contributed by atoms with E-state index in [0.717, 1.165) is 0 Å². The van der Waals surface area contributed by atoms with E-state index >= 15 is 0 Å². The lowest BCUT2D eigenvalue weighted by molar-refractivity contribution is -0.144. The lowest BCUT2D eigenvalue weighted by atomic mass is 9.62. The van der Waals surface area contributed by atoms with Crippen molar-refractivity contribution in [2.24, 2.45) is 22.7 Å². The quantitative estimate of drug-likeness (QED) is 0.702. The van der Waals surface area contributed by atoms with Gasteiger partial charge in [-0.2, -0.15) is 0 Å². The Morgan fingerprint density at radius 3 is 1.59 bits per heavy atom. The Labute approximate surface area is 103 Å². The van der Waals surface area contributed by atoms with Crippen molar-refractivity contribution in [1.82, 2.24) is 0 Å². The van der Waals surface area contributed by atoms with Gasteiger partial charge >= 0.3 is 0 Å². The Morgan fingerprint density at radius 2 is 1.24 bits per heavy atom. The van der Waals surface area contributed by atoms with Crippen molar-refractivity contribution < 1.29 is 14.7 Å². The zero-order chi connectivity index (χ0) is 13.0. The number of carbonyl (C=O) groups excluding carboxylic acids is 2. The summed E-state index contributed by atoms with van der Waals surface area (Å²) in [5, 5.41) is 9.81. The normalized spacial score (nSPS) is 39.9. The first-order valence-electron chi connectivity index (χ1n) is 6.44. The van der Waals surface area contributed by atoms with Crippen molar-refractivity contribution in [1.29, 1.82) is 0 Å². The predicted molar refractivity (Wildman–Crippen MR) is 64.4 cm³/mol. The molecule has 0 spiro atoms. The van der Waals surface area contributed by atoms with Gasteiger partial charge in [-0.25, -0.2) is 0 Å². The van der Waals surface area contributed by atoms with Crippen LogP contribution in [-0.2, 0) is 9.59 Å². The Hall–Kier alpha value is -0.700. The van der Waals surface area contributed by atoms with Crippen LogP contribution in [-0.4, -0.2) is 22.8 Å². The summed E-state index contributed by atoms with van der Waals surface area (Å²) in [5.41, 5.74) is -1.26. The molecule has 0 aromatic heterocycles. The second kappa shape index (κ2) is 3.64. The number of hydrogen-bond donors (Lipinski definition) is 1. The van der Waals surface area contributed by atoms with Gasteiger partial charge in [-0.15, -0.1) is 0 Å². The fourth-order valence-corrected chi connectivity index (χ4v) is 3.35. The van der Waals surface area contributed by atoms with Crippen LogP contribution in [0.25, 0.3) is 0 Å². The molecule has 0 aromatic carbocycles. The number of aliphatic hydroxyl groups is 1. The van der Waals surface area contributed by atoms with E-state index in [1.165, 1.54) is 0 Å². The van der Waals surface area contributed by atoms with E-state index in [2.05, 4.69) is 0 Å². The molecule has 0 radical (unpaired) electrons. The molecule has 1 N–H and O–H groups in total. The number of rotatable bonds is 0. The first kappa shape index (κ1) is 12.7. The predicted octanol–water partition coefficient (Wildman–Crippen LogP) is 1.97. The number of aliphatic hydroxyl groups excluding tert-OH is 1. The number of ketones is 2. The Bertz CT molecular complexity index is 334. The van der Waals surface area contributed by atoms with Crippen LogP contribution >= 0.6 is 0 Å². The standard InChI is InChI=1S/C14H22O3/c1-13(2)11(16)8-5-9(7-10(15)6-8)12(17)14(13,3)4/h8-10,15H,5-7H2,1-4H3. The highest BCUT2D eigenvalue weighted by Gasteiger charge is 2.56. The molecular weight excluding hydrogens is 216 g/mol.